The van der Waals surface area contributed by atoms with E-state index in [0.29, 0.717) is 0 Å². The number of hydrogen-bond acceptors (Lipinski definition) is 6. The Morgan fingerprint density at radius 2 is 1.57 bits per heavy atom. The number of nitrogens with two attached hydrogens (primary N) is 1. The van der Waals surface area contributed by atoms with Gasteiger partial charge < -0.3 is 15.4 Å². The van der Waals surface area contributed by atoms with Gasteiger partial charge in [-0.3, -0.25) is 38.6 Å². The highest BCUT2D eigenvalue weighted by Crippen LogP contribution is 2.45. The molecule has 0 aliphatic carbocycles. The van der Waals surface area contributed by atoms with Crippen LogP contribution in [0.3, 0.4) is 0 Å². The third-order valence-electron chi connectivity index (χ3n) is 7.59. The van der Waals surface area contributed by atoms with Gasteiger partial charge in [-0.1, -0.05) is 26.0 Å². The number of piperidine rings is 1. The van der Waals surface area contributed by atoms with Crippen LogP contribution in [0.25, 0.3) is 0 Å². The van der Waals surface area contributed by atoms with Gasteiger partial charge in [-0.25, -0.2) is 0 Å². The molecule has 3 N–H and O–H groups in total. The van der Waals surface area contributed by atoms with Gasteiger partial charge in [0.25, 0.3) is 17.7 Å². The van der Waals surface area contributed by atoms with Crippen molar-refractivity contribution in [2.75, 3.05) is 6.54 Å². The van der Waals surface area contributed by atoms with E-state index in [1.165, 1.54) is 36.0 Å². The Balaban J connectivity index is 1.72. The number of aliphatic carboxylic acids is 1. The highest BCUT2D eigenvalue weighted by molar-refractivity contribution is 6.23. The lowest BCUT2D eigenvalue weighted by Crippen LogP contribution is -2.66. The van der Waals surface area contributed by atoms with Crippen molar-refractivity contribution in [1.29, 1.82) is 0 Å². The van der Waals surface area contributed by atoms with Gasteiger partial charge in [0.1, 0.15) is 11.6 Å². The van der Waals surface area contributed by atoms with Crippen LogP contribution in [0.15, 0.2) is 48.8 Å². The van der Waals surface area contributed by atoms with E-state index in [0.717, 1.165) is 9.80 Å². The van der Waals surface area contributed by atoms with Gasteiger partial charge in [0.05, 0.1) is 17.0 Å². The van der Waals surface area contributed by atoms with E-state index in [9.17, 15) is 33.9 Å². The number of hydrogen-bond donors (Lipinski definition) is 2. The van der Waals surface area contributed by atoms with Crippen LogP contribution < -0.4 is 5.73 Å². The first-order valence-corrected chi connectivity index (χ1v) is 11.8. The smallest absolute Gasteiger partial charge is 0.309 e. The van der Waals surface area contributed by atoms with Gasteiger partial charge in [0.15, 0.2) is 0 Å². The minimum atomic E-state index is -1.87. The SMILES string of the molecule is CC(C(=O)O)[C@](C(N)=O)(n1cccc1)C(C)(C)CN1C(=O)CC[C@H](N2C(=O)c3ccccc3C2=O)C1=O. The lowest BCUT2D eigenvalue weighted by atomic mass is 9.64. The van der Waals surface area contributed by atoms with Crippen LogP contribution >= 0.6 is 0 Å². The summed E-state index contributed by atoms with van der Waals surface area (Å²) in [5, 5.41) is 9.92. The Hall–Kier alpha value is -4.28. The molecule has 0 spiro atoms. The molecule has 0 saturated carbocycles. The topological polar surface area (TPSA) is 160 Å². The number of carboxylic acid groups (broad SMARTS) is 1. The number of rotatable bonds is 8. The molecule has 11 heteroatoms. The van der Waals surface area contributed by atoms with E-state index < -0.39 is 58.4 Å². The van der Waals surface area contributed by atoms with Crippen LogP contribution in [-0.2, 0) is 24.7 Å². The number of fused-ring (bicyclic) bond motifs is 1. The Bertz CT molecular complexity index is 1280. The predicted octanol–water partition coefficient (Wildman–Crippen LogP) is 1.23. The van der Waals surface area contributed by atoms with Crippen molar-refractivity contribution in [1.82, 2.24) is 14.4 Å². The molecule has 1 aromatic carbocycles. The number of amides is 5. The third kappa shape index (κ3) is 3.73. The van der Waals surface area contributed by atoms with Crippen molar-refractivity contribution in [3.05, 3.63) is 59.9 Å². The van der Waals surface area contributed by atoms with Crippen LogP contribution in [-0.4, -0.2) is 67.6 Å². The van der Waals surface area contributed by atoms with E-state index in [2.05, 4.69) is 0 Å². The normalized spacial score (nSPS) is 20.6. The molecule has 194 valence electrons. The van der Waals surface area contributed by atoms with Crippen molar-refractivity contribution in [3.8, 4) is 0 Å². The number of primary amides is 1. The van der Waals surface area contributed by atoms with E-state index in [1.54, 1.807) is 38.1 Å². The molecule has 37 heavy (non-hydrogen) atoms. The van der Waals surface area contributed by atoms with Gasteiger partial charge in [0.2, 0.25) is 11.8 Å². The lowest BCUT2D eigenvalue weighted by Gasteiger charge is -2.50. The van der Waals surface area contributed by atoms with Crippen LogP contribution in [0.4, 0.5) is 0 Å². The molecule has 1 saturated heterocycles. The van der Waals surface area contributed by atoms with E-state index >= 15 is 0 Å². The quantitative estimate of drug-likeness (QED) is 0.507. The fourth-order valence-electron chi connectivity index (χ4n) is 5.82. The summed E-state index contributed by atoms with van der Waals surface area (Å²) < 4.78 is 1.40. The largest absolute Gasteiger partial charge is 0.481 e. The molecule has 1 fully saturated rings. The fraction of sp³-hybridized carbons (Fsp3) is 0.385. The molecule has 4 rings (SSSR count). The highest BCUT2D eigenvalue weighted by Gasteiger charge is 2.59. The Morgan fingerprint density at radius 3 is 2.05 bits per heavy atom. The second kappa shape index (κ2) is 8.99. The van der Waals surface area contributed by atoms with Crippen molar-refractivity contribution < 1.29 is 33.9 Å². The lowest BCUT2D eigenvalue weighted by molar-refractivity contribution is -0.163. The standard InChI is InChI=1S/C26H28N4O7/c1-15(23(35)36)26(24(27)37,28-12-6-7-13-28)25(2,3)14-29-19(31)11-10-18(22(29)34)30-20(32)16-8-4-5-9-17(16)21(30)33/h4-9,12-13,15,18H,10-11,14H2,1-3H3,(H2,27,37)(H,35,36)/t15?,18-,26+/m0/s1. The zero-order valence-electron chi connectivity index (χ0n) is 20.7. The fourth-order valence-corrected chi connectivity index (χ4v) is 5.82. The van der Waals surface area contributed by atoms with E-state index in [1.807, 2.05) is 0 Å². The number of likely N-dealkylation sites (tertiary alicyclic amines) is 1. The van der Waals surface area contributed by atoms with Crippen molar-refractivity contribution in [2.45, 2.75) is 45.2 Å². The maximum Gasteiger partial charge on any atom is 0.309 e. The van der Waals surface area contributed by atoms with Crippen molar-refractivity contribution in [2.24, 2.45) is 17.1 Å². The van der Waals surface area contributed by atoms with Gasteiger partial charge in [-0.15, -0.1) is 0 Å². The van der Waals surface area contributed by atoms with Crippen LogP contribution in [0.1, 0.15) is 54.3 Å². The summed E-state index contributed by atoms with van der Waals surface area (Å²) in [7, 11) is 0. The number of carbonyl (C=O) groups excluding carboxylic acids is 5. The molecular weight excluding hydrogens is 480 g/mol. The Kier molecular flexibility index (Phi) is 6.27. The average molecular weight is 509 g/mol. The molecule has 0 bridgehead atoms. The molecule has 1 aromatic heterocycles. The average Bonchev–Trinajstić information content (AvgIpc) is 3.45. The van der Waals surface area contributed by atoms with Crippen molar-refractivity contribution >= 4 is 35.5 Å². The first kappa shape index (κ1) is 25.8. The van der Waals surface area contributed by atoms with Crippen LogP contribution in [0.5, 0.6) is 0 Å². The second-order valence-electron chi connectivity index (χ2n) is 10.1. The number of nitrogens with zero attached hydrogens (tertiary/aromatic N) is 3. The van der Waals surface area contributed by atoms with E-state index in [-0.39, 0.29) is 30.5 Å². The van der Waals surface area contributed by atoms with Gasteiger partial charge in [-0.05, 0) is 37.6 Å². The summed E-state index contributed by atoms with van der Waals surface area (Å²) in [5.41, 5.74) is 2.97. The maximum atomic E-state index is 13.6. The molecule has 5 amide bonds. The highest BCUT2D eigenvalue weighted by atomic mass is 16.4. The molecule has 3 heterocycles. The second-order valence-corrected chi connectivity index (χ2v) is 10.1. The monoisotopic (exact) mass is 508 g/mol. The number of benzene rings is 1. The minimum absolute atomic E-state index is 0.0375. The number of carboxylic acids is 1. The summed E-state index contributed by atoms with van der Waals surface area (Å²) in [6.07, 6.45) is 2.85. The minimum Gasteiger partial charge on any atom is -0.481 e. The molecule has 2 aliphatic heterocycles. The number of carbonyl (C=O) groups is 6. The Labute approximate surface area is 212 Å². The summed E-state index contributed by atoms with van der Waals surface area (Å²) in [6.45, 7) is 4.09. The zero-order chi connectivity index (χ0) is 27.3. The van der Waals surface area contributed by atoms with Gasteiger partial charge in [0, 0.05) is 30.8 Å². The van der Waals surface area contributed by atoms with Gasteiger partial charge in [-0.2, -0.15) is 0 Å². The third-order valence-corrected chi connectivity index (χ3v) is 7.59. The van der Waals surface area contributed by atoms with Crippen LogP contribution in [0.2, 0.25) is 0 Å². The summed E-state index contributed by atoms with van der Waals surface area (Å²) in [5.74, 6) is -6.14. The number of imide groups is 2. The molecule has 1 unspecified atom stereocenters. The van der Waals surface area contributed by atoms with Crippen LogP contribution in [0, 0.1) is 11.3 Å². The van der Waals surface area contributed by atoms with E-state index in [4.69, 9.17) is 5.73 Å². The molecule has 11 nitrogen and oxygen atoms in total. The zero-order valence-corrected chi connectivity index (χ0v) is 20.7. The summed E-state index contributed by atoms with van der Waals surface area (Å²) >= 11 is 0. The molecule has 2 aromatic rings. The number of aromatic nitrogens is 1. The van der Waals surface area contributed by atoms with Gasteiger partial charge >= 0.3 is 5.97 Å². The Morgan fingerprint density at radius 1 is 1.03 bits per heavy atom. The first-order chi connectivity index (χ1) is 17.4. The first-order valence-electron chi connectivity index (χ1n) is 11.8. The molecule has 3 atom stereocenters. The molecule has 2 aliphatic rings. The predicted molar refractivity (Wildman–Crippen MR) is 129 cm³/mol. The molecule has 0 radical (unpaired) electrons. The molecular formula is C26H28N4O7. The maximum absolute atomic E-state index is 13.6. The van der Waals surface area contributed by atoms with Crippen molar-refractivity contribution in [3.63, 3.8) is 0 Å². The summed E-state index contributed by atoms with van der Waals surface area (Å²) in [6, 6.07) is 8.23. The summed E-state index contributed by atoms with van der Waals surface area (Å²) in [4.78, 5) is 79.7.